The van der Waals surface area contributed by atoms with Crippen LogP contribution in [0.2, 0.25) is 5.02 Å². The molecule has 1 N–H and O–H groups in total. The van der Waals surface area contributed by atoms with Gasteiger partial charge in [-0.2, -0.15) is 0 Å². The van der Waals surface area contributed by atoms with Crippen LogP contribution in [0.5, 0.6) is 0 Å². The van der Waals surface area contributed by atoms with Gasteiger partial charge in [-0.15, -0.1) is 0 Å². The minimum atomic E-state index is -0.662. The van der Waals surface area contributed by atoms with E-state index in [1.807, 2.05) is 101 Å². The monoisotopic (exact) mass is 490 g/mol. The van der Waals surface area contributed by atoms with Crippen LogP contribution in [0.3, 0.4) is 0 Å². The summed E-state index contributed by atoms with van der Waals surface area (Å²) >= 11 is 6.10. The maximum absolute atomic E-state index is 13.9. The van der Waals surface area contributed by atoms with Gasteiger partial charge in [0.05, 0.1) is 6.42 Å². The quantitative estimate of drug-likeness (QED) is 0.417. The number of carbonyl (C=O) groups excluding carboxylic acids is 2. The average molecular weight is 491 g/mol. The molecule has 0 spiro atoms. The van der Waals surface area contributed by atoms with E-state index in [1.54, 1.807) is 4.90 Å². The first-order valence-corrected chi connectivity index (χ1v) is 12.4. The third kappa shape index (κ3) is 7.97. The van der Waals surface area contributed by atoms with Crippen LogP contribution in [0, 0.1) is 13.8 Å². The van der Waals surface area contributed by atoms with Crippen LogP contribution in [0.25, 0.3) is 0 Å². The van der Waals surface area contributed by atoms with Crippen molar-refractivity contribution in [2.24, 2.45) is 0 Å². The summed E-state index contributed by atoms with van der Waals surface area (Å²) in [5, 5.41) is 3.73. The molecule has 2 amide bonds. The normalized spacial score (nSPS) is 12.2. The summed E-state index contributed by atoms with van der Waals surface area (Å²) < 4.78 is 0. The zero-order chi connectivity index (χ0) is 25.6. The minimum Gasteiger partial charge on any atom is -0.350 e. The number of hydrogen-bond donors (Lipinski definition) is 1. The number of nitrogens with zero attached hydrogens (tertiary/aromatic N) is 1. The fourth-order valence-corrected chi connectivity index (χ4v) is 4.17. The summed E-state index contributed by atoms with van der Waals surface area (Å²) in [4.78, 5) is 29.2. The Morgan fingerprint density at radius 2 is 1.57 bits per heavy atom. The Labute approximate surface area is 214 Å². The molecule has 0 heterocycles. The molecule has 1 atom stereocenters. The number of benzene rings is 3. The molecule has 3 aromatic rings. The highest BCUT2D eigenvalue weighted by Gasteiger charge is 2.32. The Morgan fingerprint density at radius 3 is 2.20 bits per heavy atom. The highest BCUT2D eigenvalue weighted by molar-refractivity contribution is 6.30. The van der Waals surface area contributed by atoms with E-state index in [0.717, 1.165) is 27.8 Å². The van der Waals surface area contributed by atoms with Crippen molar-refractivity contribution in [1.82, 2.24) is 10.2 Å². The number of amides is 2. The lowest BCUT2D eigenvalue weighted by atomic mass is 9.98. The minimum absolute atomic E-state index is 0.0846. The van der Waals surface area contributed by atoms with Gasteiger partial charge >= 0.3 is 0 Å². The molecule has 3 rings (SSSR count). The molecule has 35 heavy (non-hydrogen) atoms. The Bertz CT molecular complexity index is 1150. The first-order chi connectivity index (χ1) is 16.5. The number of halogens is 1. The van der Waals surface area contributed by atoms with Gasteiger partial charge in [-0.1, -0.05) is 77.8 Å². The molecule has 184 valence electrons. The topological polar surface area (TPSA) is 49.4 Å². The van der Waals surface area contributed by atoms with Crippen molar-refractivity contribution in [1.29, 1.82) is 0 Å². The Hall–Kier alpha value is -3.11. The summed E-state index contributed by atoms with van der Waals surface area (Å²) in [6.45, 7) is 10.2. The summed E-state index contributed by atoms with van der Waals surface area (Å²) in [5.74, 6) is -0.247. The number of hydrogen-bond acceptors (Lipinski definition) is 2. The lowest BCUT2D eigenvalue weighted by Gasteiger charge is -2.34. The van der Waals surface area contributed by atoms with Crippen LogP contribution in [0.1, 0.15) is 48.6 Å². The Kier molecular flexibility index (Phi) is 8.74. The number of rotatable bonds is 8. The highest BCUT2D eigenvalue weighted by Crippen LogP contribution is 2.20. The second kappa shape index (κ2) is 11.5. The van der Waals surface area contributed by atoms with Gasteiger partial charge < -0.3 is 10.2 Å². The van der Waals surface area contributed by atoms with E-state index in [9.17, 15) is 9.59 Å². The Balaban J connectivity index is 2.01. The lowest BCUT2D eigenvalue weighted by Crippen LogP contribution is -2.54. The molecule has 0 aliphatic carbocycles. The zero-order valence-electron chi connectivity index (χ0n) is 21.3. The summed E-state index contributed by atoms with van der Waals surface area (Å²) in [7, 11) is 0. The van der Waals surface area contributed by atoms with E-state index in [4.69, 9.17) is 11.6 Å². The van der Waals surface area contributed by atoms with Crippen molar-refractivity contribution in [3.05, 3.63) is 106 Å². The molecule has 0 fully saturated rings. The van der Waals surface area contributed by atoms with Crippen molar-refractivity contribution in [3.8, 4) is 0 Å². The molecule has 0 aliphatic heterocycles. The molecular weight excluding hydrogens is 456 g/mol. The van der Waals surface area contributed by atoms with Crippen LogP contribution in [0.15, 0.2) is 72.8 Å². The van der Waals surface area contributed by atoms with E-state index in [2.05, 4.69) is 11.4 Å². The Morgan fingerprint density at radius 1 is 0.914 bits per heavy atom. The van der Waals surface area contributed by atoms with Crippen LogP contribution in [0.4, 0.5) is 0 Å². The molecule has 0 saturated heterocycles. The van der Waals surface area contributed by atoms with Gasteiger partial charge in [0.2, 0.25) is 11.8 Å². The van der Waals surface area contributed by atoms with Crippen molar-refractivity contribution in [2.75, 3.05) is 0 Å². The van der Waals surface area contributed by atoms with Crippen molar-refractivity contribution < 1.29 is 9.59 Å². The predicted molar refractivity (Wildman–Crippen MR) is 143 cm³/mol. The third-order valence-electron chi connectivity index (χ3n) is 5.88. The van der Waals surface area contributed by atoms with Crippen molar-refractivity contribution in [2.45, 2.75) is 65.6 Å². The first kappa shape index (κ1) is 26.5. The summed E-state index contributed by atoms with van der Waals surface area (Å²) in [6, 6.07) is 22.7. The van der Waals surface area contributed by atoms with Gasteiger partial charge in [0.1, 0.15) is 6.04 Å². The number of nitrogens with one attached hydrogen (secondary N) is 1. The maximum atomic E-state index is 13.9. The predicted octanol–water partition coefficient (Wildman–Crippen LogP) is 6.05. The fourth-order valence-electron chi connectivity index (χ4n) is 4.05. The molecule has 1 unspecified atom stereocenters. The molecule has 0 aromatic heterocycles. The van der Waals surface area contributed by atoms with Crippen molar-refractivity contribution in [3.63, 3.8) is 0 Å². The molecular formula is C30H35ClN2O2. The molecule has 4 nitrogen and oxygen atoms in total. The second-order valence-corrected chi connectivity index (χ2v) is 10.6. The van der Waals surface area contributed by atoms with Crippen LogP contribution in [-0.4, -0.2) is 28.3 Å². The smallest absolute Gasteiger partial charge is 0.243 e. The highest BCUT2D eigenvalue weighted by atomic mass is 35.5. The van der Waals surface area contributed by atoms with Gasteiger partial charge in [-0.25, -0.2) is 0 Å². The third-order valence-corrected chi connectivity index (χ3v) is 6.13. The van der Waals surface area contributed by atoms with Crippen molar-refractivity contribution >= 4 is 23.4 Å². The maximum Gasteiger partial charge on any atom is 0.243 e. The number of aryl methyl sites for hydroxylation is 2. The molecule has 5 heteroatoms. The molecule has 3 aromatic carbocycles. The van der Waals surface area contributed by atoms with Gasteiger partial charge in [-0.3, -0.25) is 9.59 Å². The van der Waals surface area contributed by atoms with Gasteiger partial charge in [0, 0.05) is 23.5 Å². The summed E-state index contributed by atoms with van der Waals surface area (Å²) in [5.41, 5.74) is 4.65. The van der Waals surface area contributed by atoms with E-state index in [0.29, 0.717) is 18.0 Å². The first-order valence-electron chi connectivity index (χ1n) is 12.0. The zero-order valence-corrected chi connectivity index (χ0v) is 22.0. The molecule has 0 bridgehead atoms. The van der Waals surface area contributed by atoms with E-state index in [-0.39, 0.29) is 18.2 Å². The number of carbonyl (C=O) groups is 2. The van der Waals surface area contributed by atoms with Crippen LogP contribution < -0.4 is 5.32 Å². The van der Waals surface area contributed by atoms with E-state index in [1.165, 1.54) is 0 Å². The van der Waals surface area contributed by atoms with Gasteiger partial charge in [0.25, 0.3) is 0 Å². The standard InChI is InChI=1S/C30H35ClN2O2/c1-21-11-12-22(2)25(17-21)19-28(34)33(20-24-13-15-26(31)16-14-24)27(29(35)32-30(3,4)5)18-23-9-7-6-8-10-23/h6-17,27H,18-20H2,1-5H3,(H,32,35). The second-order valence-electron chi connectivity index (χ2n) is 10.2. The molecule has 0 aliphatic rings. The molecule has 0 radical (unpaired) electrons. The summed E-state index contributed by atoms with van der Waals surface area (Å²) in [6.07, 6.45) is 0.657. The van der Waals surface area contributed by atoms with Gasteiger partial charge in [0.15, 0.2) is 0 Å². The fraction of sp³-hybridized carbons (Fsp3) is 0.333. The van der Waals surface area contributed by atoms with E-state index >= 15 is 0 Å². The SMILES string of the molecule is Cc1ccc(C)c(CC(=O)N(Cc2ccc(Cl)cc2)C(Cc2ccccc2)C(=O)NC(C)(C)C)c1. The van der Waals surface area contributed by atoms with Crippen LogP contribution in [-0.2, 0) is 29.0 Å². The van der Waals surface area contributed by atoms with Crippen LogP contribution >= 0.6 is 11.6 Å². The molecule has 0 saturated carbocycles. The van der Waals surface area contributed by atoms with Gasteiger partial charge in [-0.05, 0) is 69.0 Å². The van der Waals surface area contributed by atoms with E-state index < -0.39 is 11.6 Å². The average Bonchev–Trinajstić information content (AvgIpc) is 2.79. The largest absolute Gasteiger partial charge is 0.350 e. The lowest BCUT2D eigenvalue weighted by molar-refractivity contribution is -0.141.